The summed E-state index contributed by atoms with van der Waals surface area (Å²) in [7, 11) is 0. The van der Waals surface area contributed by atoms with Crippen LogP contribution in [0.1, 0.15) is 39.0 Å². The molecule has 1 atom stereocenters. The molecule has 1 aliphatic rings. The largest absolute Gasteiger partial charge is 0.475 e. The van der Waals surface area contributed by atoms with Gasteiger partial charge in [0.25, 0.3) is 3.79 Å². The molecule has 0 spiro atoms. The van der Waals surface area contributed by atoms with Gasteiger partial charge in [0.1, 0.15) is 12.6 Å². The SMILES string of the molecule is CCCCCC/C=C/C1COC(C(Cl)(Cl)Cl)=N1. The number of allylic oxidation sites excluding steroid dienone is 1. The molecule has 0 aliphatic carbocycles. The molecule has 2 nitrogen and oxygen atoms in total. The van der Waals surface area contributed by atoms with Gasteiger partial charge in [-0.3, -0.25) is 0 Å². The van der Waals surface area contributed by atoms with Crippen LogP contribution >= 0.6 is 34.8 Å². The van der Waals surface area contributed by atoms with Crippen molar-refractivity contribution in [2.75, 3.05) is 6.61 Å². The normalized spacial score (nSPS) is 20.7. The Morgan fingerprint density at radius 3 is 2.71 bits per heavy atom. The van der Waals surface area contributed by atoms with Gasteiger partial charge >= 0.3 is 0 Å². The predicted octanol–water partition coefficient (Wildman–Crippen LogP) is 4.68. The number of halogens is 3. The minimum atomic E-state index is -1.54. The van der Waals surface area contributed by atoms with Crippen molar-refractivity contribution < 1.29 is 4.74 Å². The molecule has 0 amide bonds. The van der Waals surface area contributed by atoms with Gasteiger partial charge in [-0.05, 0) is 12.8 Å². The minimum absolute atomic E-state index is 0.00759. The van der Waals surface area contributed by atoms with E-state index in [9.17, 15) is 0 Å². The molecule has 0 aromatic rings. The molecule has 0 aromatic heterocycles. The molecule has 98 valence electrons. The second-order valence-electron chi connectivity index (χ2n) is 4.09. The molecule has 0 saturated heterocycles. The Bertz CT molecular complexity index is 284. The van der Waals surface area contributed by atoms with Gasteiger partial charge in [0, 0.05) is 0 Å². The van der Waals surface area contributed by atoms with Gasteiger partial charge in [-0.2, -0.15) is 0 Å². The zero-order valence-corrected chi connectivity index (χ0v) is 12.2. The Kier molecular flexibility index (Phi) is 6.68. The molecule has 0 aromatic carbocycles. The number of alkyl halides is 3. The molecule has 0 radical (unpaired) electrons. The van der Waals surface area contributed by atoms with Crippen LogP contribution in [0.2, 0.25) is 0 Å². The monoisotopic (exact) mass is 297 g/mol. The van der Waals surface area contributed by atoms with Crippen LogP contribution in [0, 0.1) is 0 Å². The predicted molar refractivity (Wildman–Crippen MR) is 75.4 cm³/mol. The third kappa shape index (κ3) is 5.98. The van der Waals surface area contributed by atoms with E-state index in [1.54, 1.807) is 0 Å². The fourth-order valence-corrected chi connectivity index (χ4v) is 1.90. The Labute approximate surface area is 118 Å². The molecule has 0 fully saturated rings. The summed E-state index contributed by atoms with van der Waals surface area (Å²) in [6.07, 6.45) is 10.3. The fraction of sp³-hybridized carbons (Fsp3) is 0.750. The van der Waals surface area contributed by atoms with Crippen molar-refractivity contribution in [3.63, 3.8) is 0 Å². The lowest BCUT2D eigenvalue weighted by Crippen LogP contribution is -2.18. The number of unbranched alkanes of at least 4 members (excludes halogenated alkanes) is 4. The van der Waals surface area contributed by atoms with E-state index in [0.717, 1.165) is 6.42 Å². The average Bonchev–Trinajstić information content (AvgIpc) is 2.71. The second kappa shape index (κ2) is 7.50. The molecule has 5 heteroatoms. The van der Waals surface area contributed by atoms with Crippen molar-refractivity contribution >= 4 is 40.7 Å². The first-order valence-corrected chi connectivity index (χ1v) is 7.12. The maximum Gasteiger partial charge on any atom is 0.266 e. The smallest absolute Gasteiger partial charge is 0.266 e. The van der Waals surface area contributed by atoms with Crippen molar-refractivity contribution in [1.29, 1.82) is 0 Å². The van der Waals surface area contributed by atoms with Crippen molar-refractivity contribution in [3.05, 3.63) is 12.2 Å². The van der Waals surface area contributed by atoms with E-state index < -0.39 is 3.79 Å². The lowest BCUT2D eigenvalue weighted by atomic mass is 10.1. The highest BCUT2D eigenvalue weighted by atomic mass is 35.6. The highest BCUT2D eigenvalue weighted by molar-refractivity contribution is 6.76. The Balaban J connectivity index is 2.25. The number of rotatable bonds is 6. The first-order valence-electron chi connectivity index (χ1n) is 5.98. The molecule has 1 heterocycles. The van der Waals surface area contributed by atoms with Crippen molar-refractivity contribution in [2.24, 2.45) is 4.99 Å². The molecule has 0 saturated carbocycles. The molecule has 0 N–H and O–H groups in total. The maximum atomic E-state index is 5.67. The van der Waals surface area contributed by atoms with Crippen LogP contribution in [-0.2, 0) is 4.74 Å². The molecule has 0 bridgehead atoms. The molecule has 1 rings (SSSR count). The van der Waals surface area contributed by atoms with E-state index in [1.807, 2.05) is 6.08 Å². The topological polar surface area (TPSA) is 21.6 Å². The van der Waals surface area contributed by atoms with Gasteiger partial charge in [-0.1, -0.05) is 73.1 Å². The molecule has 1 aliphatic heterocycles. The van der Waals surface area contributed by atoms with E-state index in [0.29, 0.717) is 6.61 Å². The summed E-state index contributed by atoms with van der Waals surface area (Å²) < 4.78 is 3.69. The van der Waals surface area contributed by atoms with Gasteiger partial charge in [0.2, 0.25) is 5.90 Å². The van der Waals surface area contributed by atoms with Crippen LogP contribution in [0.25, 0.3) is 0 Å². The Hall–Kier alpha value is 0.0800. The second-order valence-corrected chi connectivity index (χ2v) is 6.37. The summed E-state index contributed by atoms with van der Waals surface area (Å²) in [5.41, 5.74) is 0. The van der Waals surface area contributed by atoms with E-state index in [4.69, 9.17) is 39.5 Å². The number of aliphatic imine (C=N–C) groups is 1. The summed E-state index contributed by atoms with van der Waals surface area (Å²) >= 11 is 17.0. The Morgan fingerprint density at radius 2 is 2.12 bits per heavy atom. The zero-order valence-electron chi connectivity index (χ0n) is 9.96. The van der Waals surface area contributed by atoms with Gasteiger partial charge in [0.05, 0.1) is 0 Å². The van der Waals surface area contributed by atoms with Crippen LogP contribution in [0.3, 0.4) is 0 Å². The van der Waals surface area contributed by atoms with Crippen LogP contribution in [0.5, 0.6) is 0 Å². The van der Waals surface area contributed by atoms with E-state index in [1.165, 1.54) is 25.7 Å². The van der Waals surface area contributed by atoms with Gasteiger partial charge < -0.3 is 4.74 Å². The first-order chi connectivity index (χ1) is 8.04. The highest BCUT2D eigenvalue weighted by Gasteiger charge is 2.34. The molecule has 17 heavy (non-hydrogen) atoms. The van der Waals surface area contributed by atoms with E-state index >= 15 is 0 Å². The van der Waals surface area contributed by atoms with Crippen molar-refractivity contribution in [1.82, 2.24) is 0 Å². The lowest BCUT2D eigenvalue weighted by molar-refractivity contribution is 0.326. The number of hydrogen-bond acceptors (Lipinski definition) is 2. The summed E-state index contributed by atoms with van der Waals surface area (Å²) in [5, 5.41) is 0. The minimum Gasteiger partial charge on any atom is -0.475 e. The summed E-state index contributed by atoms with van der Waals surface area (Å²) in [6.45, 7) is 2.67. The number of nitrogens with zero attached hydrogens (tertiary/aromatic N) is 1. The van der Waals surface area contributed by atoms with Gasteiger partial charge in [-0.25, -0.2) is 4.99 Å². The lowest BCUT2D eigenvalue weighted by Gasteiger charge is -2.08. The summed E-state index contributed by atoms with van der Waals surface area (Å²) in [4.78, 5) is 4.21. The quantitative estimate of drug-likeness (QED) is 0.396. The van der Waals surface area contributed by atoms with Crippen LogP contribution in [0.15, 0.2) is 17.1 Å². The van der Waals surface area contributed by atoms with Crippen molar-refractivity contribution in [2.45, 2.75) is 48.9 Å². The average molecular weight is 299 g/mol. The van der Waals surface area contributed by atoms with Gasteiger partial charge in [0.15, 0.2) is 0 Å². The fourth-order valence-electron chi connectivity index (χ4n) is 1.59. The molecular weight excluding hydrogens is 280 g/mol. The van der Waals surface area contributed by atoms with Crippen LogP contribution < -0.4 is 0 Å². The Morgan fingerprint density at radius 1 is 1.35 bits per heavy atom. The van der Waals surface area contributed by atoms with Crippen LogP contribution in [0.4, 0.5) is 0 Å². The van der Waals surface area contributed by atoms with E-state index in [-0.39, 0.29) is 11.9 Å². The first kappa shape index (κ1) is 15.1. The third-order valence-electron chi connectivity index (χ3n) is 2.50. The van der Waals surface area contributed by atoms with Crippen molar-refractivity contribution in [3.8, 4) is 0 Å². The third-order valence-corrected chi connectivity index (χ3v) is 2.98. The van der Waals surface area contributed by atoms with Crippen LogP contribution in [-0.4, -0.2) is 22.3 Å². The standard InChI is InChI=1S/C12H18Cl3NO/c1-2-3-4-5-6-7-8-10-9-17-11(16-10)12(13,14)15/h7-8,10H,2-6,9H2,1H3/b8-7+. The van der Waals surface area contributed by atoms with Gasteiger partial charge in [-0.15, -0.1) is 0 Å². The zero-order chi connectivity index (χ0) is 12.7. The number of hydrogen-bond donors (Lipinski definition) is 0. The summed E-state index contributed by atoms with van der Waals surface area (Å²) in [5.74, 6) is 0.197. The molecule has 1 unspecified atom stereocenters. The summed E-state index contributed by atoms with van der Waals surface area (Å²) in [6, 6.07) is -0.00759. The van der Waals surface area contributed by atoms with E-state index in [2.05, 4.69) is 18.0 Å². The maximum absolute atomic E-state index is 5.67. The molecular formula is C12H18Cl3NO. The number of ether oxygens (including phenoxy) is 1. The highest BCUT2D eigenvalue weighted by Crippen LogP contribution is 2.31.